The fourth-order valence-electron chi connectivity index (χ4n) is 1.89. The van der Waals surface area contributed by atoms with Gasteiger partial charge in [-0.15, -0.1) is 0 Å². The molecule has 0 fully saturated rings. The monoisotopic (exact) mass is 286 g/mol. The summed E-state index contributed by atoms with van der Waals surface area (Å²) in [5.41, 5.74) is 1.80. The van der Waals surface area contributed by atoms with Gasteiger partial charge in [-0.1, -0.05) is 26.0 Å². The van der Waals surface area contributed by atoms with Crippen LogP contribution < -0.4 is 4.74 Å². The SMILES string of the molecule is Cc1nc(COc2ccc(C(C)C)cc2)ncc1C(=O)O. The van der Waals surface area contributed by atoms with E-state index in [-0.39, 0.29) is 12.2 Å². The standard InChI is InChI=1S/C16H18N2O3/c1-10(2)12-4-6-13(7-5-12)21-9-15-17-8-14(16(19)20)11(3)18-15/h4-8,10H,9H2,1-3H3,(H,19,20). The maximum Gasteiger partial charge on any atom is 0.339 e. The minimum atomic E-state index is -1.02. The maximum absolute atomic E-state index is 10.9. The van der Waals surface area contributed by atoms with Gasteiger partial charge in [0.1, 0.15) is 12.4 Å². The van der Waals surface area contributed by atoms with Crippen molar-refractivity contribution in [3.05, 3.63) is 53.1 Å². The lowest BCUT2D eigenvalue weighted by Gasteiger charge is -2.09. The van der Waals surface area contributed by atoms with Gasteiger partial charge in [0.05, 0.1) is 11.3 Å². The highest BCUT2D eigenvalue weighted by atomic mass is 16.5. The topological polar surface area (TPSA) is 72.3 Å². The van der Waals surface area contributed by atoms with Crippen LogP contribution in [0.25, 0.3) is 0 Å². The zero-order valence-electron chi connectivity index (χ0n) is 12.3. The second kappa shape index (κ2) is 6.35. The summed E-state index contributed by atoms with van der Waals surface area (Å²) in [6, 6.07) is 7.88. The number of carboxylic acids is 1. The van der Waals surface area contributed by atoms with Crippen LogP contribution in [-0.2, 0) is 6.61 Å². The third kappa shape index (κ3) is 3.78. The van der Waals surface area contributed by atoms with Crippen molar-refractivity contribution >= 4 is 5.97 Å². The lowest BCUT2D eigenvalue weighted by Crippen LogP contribution is -2.08. The Hall–Kier alpha value is -2.43. The molecule has 0 amide bonds. The van der Waals surface area contributed by atoms with E-state index in [4.69, 9.17) is 9.84 Å². The molecule has 21 heavy (non-hydrogen) atoms. The third-order valence-electron chi connectivity index (χ3n) is 3.17. The molecule has 0 radical (unpaired) electrons. The molecule has 0 unspecified atom stereocenters. The van der Waals surface area contributed by atoms with Gasteiger partial charge in [-0.05, 0) is 30.5 Å². The molecule has 0 aliphatic carbocycles. The number of nitrogens with zero attached hydrogens (tertiary/aromatic N) is 2. The first-order valence-corrected chi connectivity index (χ1v) is 6.76. The summed E-state index contributed by atoms with van der Waals surface area (Å²) >= 11 is 0. The molecule has 0 bridgehead atoms. The highest BCUT2D eigenvalue weighted by Crippen LogP contribution is 2.19. The molecule has 0 atom stereocenters. The molecule has 0 aliphatic heterocycles. The van der Waals surface area contributed by atoms with Gasteiger partial charge >= 0.3 is 5.97 Å². The zero-order valence-corrected chi connectivity index (χ0v) is 12.3. The summed E-state index contributed by atoms with van der Waals surface area (Å²) in [6.45, 7) is 6.13. The van der Waals surface area contributed by atoms with Crippen molar-refractivity contribution in [2.75, 3.05) is 0 Å². The fourth-order valence-corrected chi connectivity index (χ4v) is 1.89. The van der Waals surface area contributed by atoms with Crippen molar-refractivity contribution in [1.82, 2.24) is 9.97 Å². The molecule has 5 heteroatoms. The predicted molar refractivity (Wildman–Crippen MR) is 78.6 cm³/mol. The Morgan fingerprint density at radius 1 is 1.29 bits per heavy atom. The van der Waals surface area contributed by atoms with Crippen LogP contribution in [0.3, 0.4) is 0 Å². The summed E-state index contributed by atoms with van der Waals surface area (Å²) < 4.78 is 5.61. The van der Waals surface area contributed by atoms with E-state index in [2.05, 4.69) is 23.8 Å². The van der Waals surface area contributed by atoms with E-state index in [0.717, 1.165) is 5.75 Å². The molecular weight excluding hydrogens is 268 g/mol. The molecule has 0 saturated carbocycles. The second-order valence-corrected chi connectivity index (χ2v) is 5.10. The Bertz CT molecular complexity index is 636. The second-order valence-electron chi connectivity index (χ2n) is 5.10. The van der Waals surface area contributed by atoms with Crippen LogP contribution in [0, 0.1) is 6.92 Å². The minimum Gasteiger partial charge on any atom is -0.486 e. The number of hydrogen-bond donors (Lipinski definition) is 1. The molecule has 1 heterocycles. The van der Waals surface area contributed by atoms with Crippen LogP contribution in [0.5, 0.6) is 5.75 Å². The largest absolute Gasteiger partial charge is 0.486 e. The van der Waals surface area contributed by atoms with E-state index < -0.39 is 5.97 Å². The van der Waals surface area contributed by atoms with E-state index in [1.807, 2.05) is 24.3 Å². The minimum absolute atomic E-state index is 0.111. The van der Waals surface area contributed by atoms with E-state index in [1.165, 1.54) is 11.8 Å². The van der Waals surface area contributed by atoms with Crippen molar-refractivity contribution in [1.29, 1.82) is 0 Å². The number of ether oxygens (including phenoxy) is 1. The quantitative estimate of drug-likeness (QED) is 0.913. The van der Waals surface area contributed by atoms with Gasteiger partial charge in [0.25, 0.3) is 0 Å². The van der Waals surface area contributed by atoms with Gasteiger partial charge in [-0.3, -0.25) is 0 Å². The van der Waals surface area contributed by atoms with E-state index in [9.17, 15) is 4.79 Å². The van der Waals surface area contributed by atoms with Gasteiger partial charge in [0.2, 0.25) is 0 Å². The summed E-state index contributed by atoms with van der Waals surface area (Å²) in [4.78, 5) is 19.0. The van der Waals surface area contributed by atoms with Gasteiger partial charge in [0.15, 0.2) is 5.82 Å². The highest BCUT2D eigenvalue weighted by Gasteiger charge is 2.10. The number of rotatable bonds is 5. The number of aryl methyl sites for hydroxylation is 1. The smallest absolute Gasteiger partial charge is 0.339 e. The zero-order chi connectivity index (χ0) is 15.4. The van der Waals surface area contributed by atoms with Crippen LogP contribution in [0.15, 0.2) is 30.5 Å². The van der Waals surface area contributed by atoms with Gasteiger partial charge in [-0.25, -0.2) is 14.8 Å². The number of aromatic carboxylic acids is 1. The van der Waals surface area contributed by atoms with Crippen LogP contribution >= 0.6 is 0 Å². The van der Waals surface area contributed by atoms with Crippen LogP contribution in [0.1, 0.15) is 47.2 Å². The molecular formula is C16H18N2O3. The molecule has 5 nitrogen and oxygen atoms in total. The Labute approximate surface area is 123 Å². The molecule has 1 aromatic heterocycles. The average molecular weight is 286 g/mol. The molecule has 0 spiro atoms. The predicted octanol–water partition coefficient (Wildman–Crippen LogP) is 3.19. The maximum atomic E-state index is 10.9. The van der Waals surface area contributed by atoms with Gasteiger partial charge in [0, 0.05) is 6.20 Å². The molecule has 2 aromatic rings. The van der Waals surface area contributed by atoms with Crippen molar-refractivity contribution in [2.24, 2.45) is 0 Å². The van der Waals surface area contributed by atoms with Crippen LogP contribution in [0.2, 0.25) is 0 Å². The number of aromatic nitrogens is 2. The number of carbonyl (C=O) groups is 1. The Morgan fingerprint density at radius 2 is 1.95 bits per heavy atom. The van der Waals surface area contributed by atoms with Crippen molar-refractivity contribution < 1.29 is 14.6 Å². The summed E-state index contributed by atoms with van der Waals surface area (Å²) in [5.74, 6) is 0.659. The number of benzene rings is 1. The summed E-state index contributed by atoms with van der Waals surface area (Å²) in [5, 5.41) is 8.92. The average Bonchev–Trinajstić information content (AvgIpc) is 2.45. The van der Waals surface area contributed by atoms with Crippen molar-refractivity contribution in [3.8, 4) is 5.75 Å². The molecule has 0 saturated heterocycles. The first kappa shape index (κ1) is 15.0. The van der Waals surface area contributed by atoms with Crippen molar-refractivity contribution in [2.45, 2.75) is 33.3 Å². The molecule has 1 N–H and O–H groups in total. The molecule has 110 valence electrons. The lowest BCUT2D eigenvalue weighted by atomic mass is 10.0. The van der Waals surface area contributed by atoms with Crippen molar-refractivity contribution in [3.63, 3.8) is 0 Å². The summed E-state index contributed by atoms with van der Waals surface area (Å²) in [7, 11) is 0. The Balaban J connectivity index is 2.03. The number of hydrogen-bond acceptors (Lipinski definition) is 4. The third-order valence-corrected chi connectivity index (χ3v) is 3.17. The summed E-state index contributed by atoms with van der Waals surface area (Å²) in [6.07, 6.45) is 1.31. The van der Waals surface area contributed by atoms with Gasteiger partial charge < -0.3 is 9.84 Å². The molecule has 2 rings (SSSR count). The first-order valence-electron chi connectivity index (χ1n) is 6.76. The first-order chi connectivity index (χ1) is 9.97. The highest BCUT2D eigenvalue weighted by molar-refractivity contribution is 5.88. The van der Waals surface area contributed by atoms with Gasteiger partial charge in [-0.2, -0.15) is 0 Å². The fraction of sp³-hybridized carbons (Fsp3) is 0.312. The van der Waals surface area contributed by atoms with E-state index in [1.54, 1.807) is 6.92 Å². The van der Waals surface area contributed by atoms with E-state index >= 15 is 0 Å². The number of carboxylic acid groups (broad SMARTS) is 1. The lowest BCUT2D eigenvalue weighted by molar-refractivity contribution is 0.0695. The van der Waals surface area contributed by atoms with Crippen LogP contribution in [-0.4, -0.2) is 21.0 Å². The molecule has 1 aromatic carbocycles. The Morgan fingerprint density at radius 3 is 2.48 bits per heavy atom. The normalized spacial score (nSPS) is 10.7. The van der Waals surface area contributed by atoms with E-state index in [0.29, 0.717) is 17.4 Å². The molecule has 0 aliphatic rings. The van der Waals surface area contributed by atoms with Crippen LogP contribution in [0.4, 0.5) is 0 Å². The Kier molecular flexibility index (Phi) is 4.52.